The van der Waals surface area contributed by atoms with E-state index in [0.717, 1.165) is 12.3 Å². The Bertz CT molecular complexity index is 1140. The first-order valence-corrected chi connectivity index (χ1v) is 12.5. The predicted octanol–water partition coefficient (Wildman–Crippen LogP) is 3.10. The van der Waals surface area contributed by atoms with Crippen molar-refractivity contribution in [3.05, 3.63) is 47.1 Å². The van der Waals surface area contributed by atoms with Crippen LogP contribution in [-0.4, -0.2) is 62.2 Å². The van der Waals surface area contributed by atoms with Crippen LogP contribution < -0.4 is 10.2 Å². The Balaban J connectivity index is 1.37. The van der Waals surface area contributed by atoms with E-state index in [4.69, 9.17) is 11.6 Å². The van der Waals surface area contributed by atoms with E-state index in [1.807, 2.05) is 4.90 Å². The van der Waals surface area contributed by atoms with Crippen LogP contribution in [-0.2, 0) is 14.6 Å². The Hall–Kier alpha value is -2.46. The van der Waals surface area contributed by atoms with Gasteiger partial charge >= 0.3 is 0 Å². The van der Waals surface area contributed by atoms with Crippen molar-refractivity contribution < 1.29 is 22.0 Å². The topological polar surface area (TPSA) is 82.6 Å². The molecule has 172 valence electrons. The molecule has 1 atom stereocenters. The number of carbonyl (C=O) groups excluding carboxylic acids is 1. The normalized spacial score (nSPS) is 20.1. The molecular weight excluding hydrogens is 462 g/mol. The van der Waals surface area contributed by atoms with E-state index in [2.05, 4.69) is 10.3 Å². The van der Waals surface area contributed by atoms with Gasteiger partial charge in [0.15, 0.2) is 21.5 Å². The predicted molar refractivity (Wildman–Crippen MR) is 118 cm³/mol. The number of carbonyl (C=O) groups is 1. The first-order chi connectivity index (χ1) is 15.1. The van der Waals surface area contributed by atoms with E-state index in [1.165, 1.54) is 24.4 Å². The average molecular weight is 485 g/mol. The number of benzene rings is 1. The maximum atomic E-state index is 14.4. The van der Waals surface area contributed by atoms with Crippen LogP contribution in [0.15, 0.2) is 35.4 Å². The second kappa shape index (κ2) is 8.82. The Morgan fingerprint density at radius 1 is 1.09 bits per heavy atom. The van der Waals surface area contributed by atoms with Crippen molar-refractivity contribution in [2.75, 3.05) is 36.1 Å². The number of halogens is 3. The summed E-state index contributed by atoms with van der Waals surface area (Å²) in [5.74, 6) is -1.05. The van der Waals surface area contributed by atoms with Crippen molar-refractivity contribution in [1.82, 2.24) is 9.88 Å². The van der Waals surface area contributed by atoms with Gasteiger partial charge in [0.05, 0.1) is 15.6 Å². The third-order valence-corrected chi connectivity index (χ3v) is 7.25. The van der Waals surface area contributed by atoms with Gasteiger partial charge in [0.1, 0.15) is 11.9 Å². The van der Waals surface area contributed by atoms with Crippen LogP contribution in [0.2, 0.25) is 5.02 Å². The number of likely N-dealkylation sites (tertiary alicyclic amines) is 1. The summed E-state index contributed by atoms with van der Waals surface area (Å²) in [6.07, 6.45) is 4.27. The van der Waals surface area contributed by atoms with Crippen molar-refractivity contribution in [3.8, 4) is 0 Å². The zero-order valence-corrected chi connectivity index (χ0v) is 19.0. The Morgan fingerprint density at radius 2 is 1.81 bits per heavy atom. The molecule has 0 saturated carbocycles. The van der Waals surface area contributed by atoms with Gasteiger partial charge in [-0.1, -0.05) is 11.6 Å². The molecule has 1 aromatic heterocycles. The highest BCUT2D eigenvalue weighted by molar-refractivity contribution is 7.90. The van der Waals surface area contributed by atoms with Gasteiger partial charge in [0.25, 0.3) is 0 Å². The summed E-state index contributed by atoms with van der Waals surface area (Å²) in [6.45, 7) is 1.65. The molecule has 2 aliphatic rings. The van der Waals surface area contributed by atoms with Crippen LogP contribution in [0.1, 0.15) is 19.3 Å². The number of hydrogen-bond donors (Lipinski definition) is 1. The lowest BCUT2D eigenvalue weighted by molar-refractivity contribution is -0.130. The van der Waals surface area contributed by atoms with Crippen LogP contribution in [0.5, 0.6) is 0 Å². The summed E-state index contributed by atoms with van der Waals surface area (Å²) in [5, 5.41) is 3.15. The number of rotatable bonds is 5. The van der Waals surface area contributed by atoms with Crippen LogP contribution in [0.4, 0.5) is 20.3 Å². The molecule has 32 heavy (non-hydrogen) atoms. The van der Waals surface area contributed by atoms with Gasteiger partial charge in [-0.3, -0.25) is 4.79 Å². The van der Waals surface area contributed by atoms with E-state index < -0.39 is 27.5 Å². The molecule has 7 nitrogen and oxygen atoms in total. The highest BCUT2D eigenvalue weighted by Crippen LogP contribution is 2.29. The lowest BCUT2D eigenvalue weighted by atomic mass is 10.0. The molecule has 11 heteroatoms. The molecule has 0 bridgehead atoms. The third-order valence-electron chi connectivity index (χ3n) is 5.93. The minimum Gasteiger partial charge on any atom is -0.371 e. The minimum atomic E-state index is -3.51. The average Bonchev–Trinajstić information content (AvgIpc) is 3.09. The number of piperidine rings is 1. The number of anilines is 2. The molecule has 2 fully saturated rings. The van der Waals surface area contributed by atoms with Crippen LogP contribution in [0.25, 0.3) is 0 Å². The summed E-state index contributed by atoms with van der Waals surface area (Å²) in [5.41, 5.74) is 0.0942. The molecule has 2 aliphatic heterocycles. The molecule has 2 saturated heterocycles. The van der Waals surface area contributed by atoms with Crippen LogP contribution in [0, 0.1) is 11.6 Å². The van der Waals surface area contributed by atoms with Crippen molar-refractivity contribution >= 4 is 38.9 Å². The molecule has 3 heterocycles. The molecule has 0 radical (unpaired) electrons. The smallest absolute Gasteiger partial charge is 0.245 e. The first kappa shape index (κ1) is 22.7. The van der Waals surface area contributed by atoms with Gasteiger partial charge in [-0.2, -0.15) is 0 Å². The summed E-state index contributed by atoms with van der Waals surface area (Å²) in [4.78, 5) is 20.5. The van der Waals surface area contributed by atoms with Crippen LogP contribution in [0.3, 0.4) is 0 Å². The van der Waals surface area contributed by atoms with Crippen molar-refractivity contribution in [2.45, 2.75) is 36.2 Å². The van der Waals surface area contributed by atoms with Gasteiger partial charge in [-0.15, -0.1) is 0 Å². The lowest BCUT2D eigenvalue weighted by Gasteiger charge is -2.37. The second-order valence-corrected chi connectivity index (χ2v) is 10.6. The lowest BCUT2D eigenvalue weighted by Crippen LogP contribution is -2.47. The number of amides is 1. The maximum Gasteiger partial charge on any atom is 0.245 e. The fraction of sp³-hybridized carbons (Fsp3) is 0.429. The van der Waals surface area contributed by atoms with Gasteiger partial charge in [-0.05, 0) is 43.5 Å². The molecule has 0 spiro atoms. The zero-order chi connectivity index (χ0) is 23.0. The molecule has 0 unspecified atom stereocenters. The van der Waals surface area contributed by atoms with Crippen molar-refractivity contribution in [1.29, 1.82) is 0 Å². The number of aromatic nitrogens is 1. The summed E-state index contributed by atoms with van der Waals surface area (Å²) >= 11 is 5.77. The summed E-state index contributed by atoms with van der Waals surface area (Å²) in [7, 11) is -3.51. The second-order valence-electron chi connectivity index (χ2n) is 8.11. The number of pyridine rings is 1. The van der Waals surface area contributed by atoms with Gasteiger partial charge in [0, 0.05) is 38.1 Å². The molecule has 4 rings (SSSR count). The van der Waals surface area contributed by atoms with Gasteiger partial charge in [0.2, 0.25) is 5.91 Å². The SMILES string of the molecule is CS(=O)(=O)c1ccc(N[C@H]2CCN(C3CCN(c4ncc(Cl)cc4F)CC3)C2=O)c(F)c1. The van der Waals surface area contributed by atoms with Crippen molar-refractivity contribution in [3.63, 3.8) is 0 Å². The van der Waals surface area contributed by atoms with E-state index in [-0.39, 0.29) is 33.4 Å². The molecule has 1 aromatic carbocycles. The molecular formula is C21H23ClF2N4O3S. The van der Waals surface area contributed by atoms with E-state index in [0.29, 0.717) is 38.9 Å². The maximum absolute atomic E-state index is 14.4. The number of nitrogens with one attached hydrogen (secondary N) is 1. The standard InChI is InChI=1S/C21H23ClF2N4O3S/c1-32(30,31)15-2-3-18(16(23)11-15)26-19-6-9-28(21(19)29)14-4-7-27(8-5-14)20-17(24)10-13(22)12-25-20/h2-3,10-12,14,19,26H,4-9H2,1H3/t19-/m0/s1. The summed E-state index contributed by atoms with van der Waals surface area (Å²) in [6, 6.07) is 4.28. The van der Waals surface area contributed by atoms with Gasteiger partial charge in [-0.25, -0.2) is 22.2 Å². The number of nitrogens with zero attached hydrogens (tertiary/aromatic N) is 3. The highest BCUT2D eigenvalue weighted by Gasteiger charge is 2.37. The van der Waals surface area contributed by atoms with E-state index >= 15 is 0 Å². The Labute approximate surface area is 190 Å². The largest absolute Gasteiger partial charge is 0.371 e. The third kappa shape index (κ3) is 4.66. The Morgan fingerprint density at radius 3 is 2.44 bits per heavy atom. The minimum absolute atomic E-state index is 0.0124. The molecule has 0 aliphatic carbocycles. The van der Waals surface area contributed by atoms with Crippen LogP contribution >= 0.6 is 11.6 Å². The quantitative estimate of drug-likeness (QED) is 0.702. The molecule has 1 amide bonds. The zero-order valence-electron chi connectivity index (χ0n) is 17.4. The summed E-state index contributed by atoms with van der Waals surface area (Å²) < 4.78 is 51.7. The first-order valence-electron chi connectivity index (χ1n) is 10.3. The fourth-order valence-corrected chi connectivity index (χ4v) is 5.04. The number of sulfone groups is 1. The van der Waals surface area contributed by atoms with E-state index in [1.54, 1.807) is 4.90 Å². The molecule has 2 aromatic rings. The monoisotopic (exact) mass is 484 g/mol. The van der Waals surface area contributed by atoms with Gasteiger partial charge < -0.3 is 15.1 Å². The highest BCUT2D eigenvalue weighted by atomic mass is 35.5. The number of hydrogen-bond acceptors (Lipinski definition) is 6. The Kier molecular flexibility index (Phi) is 6.26. The molecule has 1 N–H and O–H groups in total. The fourth-order valence-electron chi connectivity index (χ4n) is 4.26. The van der Waals surface area contributed by atoms with Crippen molar-refractivity contribution in [2.24, 2.45) is 0 Å². The van der Waals surface area contributed by atoms with E-state index in [9.17, 15) is 22.0 Å².